The topological polar surface area (TPSA) is 26.7 Å². The molecule has 2 aliphatic rings. The van der Waals surface area contributed by atoms with Crippen LogP contribution in [0.1, 0.15) is 44.9 Å². The van der Waals surface area contributed by atoms with Gasteiger partial charge in [0.15, 0.2) is 0 Å². The fourth-order valence-electron chi connectivity index (χ4n) is 3.57. The van der Waals surface area contributed by atoms with E-state index in [4.69, 9.17) is 0 Å². The number of rotatable bonds is 3. The Kier molecular flexibility index (Phi) is 4.83. The number of aliphatic hydroxyl groups is 1. The molecular weight excluding hydrogens is 212 g/mol. The molecule has 100 valence electrons. The van der Waals surface area contributed by atoms with Crippen molar-refractivity contribution in [3.05, 3.63) is 0 Å². The van der Waals surface area contributed by atoms with Gasteiger partial charge < -0.3 is 10.0 Å². The lowest BCUT2D eigenvalue weighted by molar-refractivity contribution is 0.0317. The van der Waals surface area contributed by atoms with E-state index in [9.17, 15) is 5.11 Å². The second-order valence-corrected chi connectivity index (χ2v) is 6.07. The fraction of sp³-hybridized carbons (Fsp3) is 1.00. The van der Waals surface area contributed by atoms with Crippen molar-refractivity contribution in [3.63, 3.8) is 0 Å². The summed E-state index contributed by atoms with van der Waals surface area (Å²) in [4.78, 5) is 4.89. The Hall–Kier alpha value is -0.120. The summed E-state index contributed by atoms with van der Waals surface area (Å²) in [7, 11) is 4.31. The molecule has 0 aromatic rings. The Bertz CT molecular complexity index is 232. The molecule has 0 amide bonds. The molecule has 17 heavy (non-hydrogen) atoms. The van der Waals surface area contributed by atoms with Crippen LogP contribution in [0, 0.1) is 0 Å². The van der Waals surface area contributed by atoms with Crippen LogP contribution in [0.2, 0.25) is 0 Å². The van der Waals surface area contributed by atoms with Gasteiger partial charge in [-0.05, 0) is 46.3 Å². The summed E-state index contributed by atoms with van der Waals surface area (Å²) in [6.45, 7) is 2.34. The number of likely N-dealkylation sites (N-methyl/N-ethyl adjacent to an activating group) is 1. The molecule has 3 atom stereocenters. The highest BCUT2D eigenvalue weighted by molar-refractivity contribution is 4.90. The van der Waals surface area contributed by atoms with E-state index in [0.717, 1.165) is 13.0 Å². The van der Waals surface area contributed by atoms with Crippen LogP contribution in [0.5, 0.6) is 0 Å². The first-order chi connectivity index (χ1) is 8.18. The van der Waals surface area contributed by atoms with Gasteiger partial charge >= 0.3 is 0 Å². The molecule has 3 nitrogen and oxygen atoms in total. The minimum absolute atomic E-state index is 0.0831. The quantitative estimate of drug-likeness (QED) is 0.761. The molecule has 3 heteroatoms. The van der Waals surface area contributed by atoms with Crippen LogP contribution in [0.3, 0.4) is 0 Å². The van der Waals surface area contributed by atoms with Gasteiger partial charge in [0.25, 0.3) is 0 Å². The van der Waals surface area contributed by atoms with E-state index < -0.39 is 0 Å². The maximum Gasteiger partial charge on any atom is 0.0695 e. The van der Waals surface area contributed by atoms with E-state index in [0.29, 0.717) is 12.1 Å². The van der Waals surface area contributed by atoms with E-state index in [-0.39, 0.29) is 6.10 Å². The average Bonchev–Trinajstić information content (AvgIpc) is 2.59. The molecule has 0 aromatic heterocycles. The van der Waals surface area contributed by atoms with Crippen LogP contribution < -0.4 is 0 Å². The van der Waals surface area contributed by atoms with Crippen LogP contribution in [0.15, 0.2) is 0 Å². The molecule has 0 radical (unpaired) electrons. The Morgan fingerprint density at radius 1 is 1.06 bits per heavy atom. The highest BCUT2D eigenvalue weighted by atomic mass is 16.3. The lowest BCUT2D eigenvalue weighted by Gasteiger charge is -2.36. The largest absolute Gasteiger partial charge is 0.391 e. The predicted molar refractivity (Wildman–Crippen MR) is 71.2 cm³/mol. The van der Waals surface area contributed by atoms with Crippen LogP contribution in [0.4, 0.5) is 0 Å². The molecule has 1 N–H and O–H groups in total. The van der Waals surface area contributed by atoms with Crippen LogP contribution in [-0.4, -0.2) is 60.3 Å². The second-order valence-electron chi connectivity index (χ2n) is 6.07. The van der Waals surface area contributed by atoms with Crippen LogP contribution in [-0.2, 0) is 0 Å². The predicted octanol–water partition coefficient (Wildman–Crippen LogP) is 1.71. The van der Waals surface area contributed by atoms with E-state index in [1.807, 2.05) is 0 Å². The number of hydrogen-bond donors (Lipinski definition) is 1. The van der Waals surface area contributed by atoms with Gasteiger partial charge in [0.1, 0.15) is 0 Å². The maximum absolute atomic E-state index is 10.3. The van der Waals surface area contributed by atoms with Gasteiger partial charge in [-0.1, -0.05) is 19.3 Å². The summed E-state index contributed by atoms with van der Waals surface area (Å²) in [6.07, 6.45) is 8.56. The molecule has 0 aromatic carbocycles. The van der Waals surface area contributed by atoms with Crippen molar-refractivity contribution in [1.82, 2.24) is 9.80 Å². The first-order valence-corrected chi connectivity index (χ1v) is 7.27. The van der Waals surface area contributed by atoms with Crippen molar-refractivity contribution in [1.29, 1.82) is 0 Å². The Morgan fingerprint density at radius 2 is 1.82 bits per heavy atom. The summed E-state index contributed by atoms with van der Waals surface area (Å²) in [6, 6.07) is 1.10. The van der Waals surface area contributed by atoms with Crippen molar-refractivity contribution in [2.45, 2.75) is 63.1 Å². The highest BCUT2D eigenvalue weighted by Gasteiger charge is 2.34. The smallest absolute Gasteiger partial charge is 0.0695 e. The minimum Gasteiger partial charge on any atom is -0.391 e. The number of likely N-dealkylation sites (tertiary alicyclic amines) is 1. The Morgan fingerprint density at radius 3 is 2.59 bits per heavy atom. The lowest BCUT2D eigenvalue weighted by atomic mass is 10.0. The van der Waals surface area contributed by atoms with Crippen molar-refractivity contribution >= 4 is 0 Å². The molecule has 2 fully saturated rings. The molecule has 1 heterocycles. The third-order valence-corrected chi connectivity index (χ3v) is 4.37. The number of hydrogen-bond acceptors (Lipinski definition) is 3. The SMILES string of the molecule is CN(C)CC1CCCN1C1CCCCCC1O. The van der Waals surface area contributed by atoms with E-state index in [1.54, 1.807) is 0 Å². The van der Waals surface area contributed by atoms with Gasteiger partial charge in [-0.3, -0.25) is 4.90 Å². The summed E-state index contributed by atoms with van der Waals surface area (Å²) < 4.78 is 0. The zero-order valence-electron chi connectivity index (χ0n) is 11.4. The average molecular weight is 240 g/mol. The number of nitrogens with zero attached hydrogens (tertiary/aromatic N) is 2. The highest BCUT2D eigenvalue weighted by Crippen LogP contribution is 2.29. The third-order valence-electron chi connectivity index (χ3n) is 4.37. The van der Waals surface area contributed by atoms with Crippen molar-refractivity contribution in [2.24, 2.45) is 0 Å². The zero-order valence-corrected chi connectivity index (χ0v) is 11.4. The second kappa shape index (κ2) is 6.17. The Labute approximate surface area is 106 Å². The fourth-order valence-corrected chi connectivity index (χ4v) is 3.57. The molecule has 1 aliphatic heterocycles. The normalized spacial score (nSPS) is 36.4. The van der Waals surface area contributed by atoms with Gasteiger partial charge in [-0.25, -0.2) is 0 Å². The molecule has 1 saturated carbocycles. The van der Waals surface area contributed by atoms with Crippen molar-refractivity contribution < 1.29 is 5.11 Å². The molecule has 1 aliphatic carbocycles. The van der Waals surface area contributed by atoms with Crippen molar-refractivity contribution in [2.75, 3.05) is 27.2 Å². The third kappa shape index (κ3) is 3.43. The number of aliphatic hydroxyl groups excluding tert-OH is 1. The van der Waals surface area contributed by atoms with E-state index >= 15 is 0 Å². The maximum atomic E-state index is 10.3. The van der Waals surface area contributed by atoms with E-state index in [1.165, 1.54) is 45.1 Å². The van der Waals surface area contributed by atoms with Gasteiger partial charge in [0.2, 0.25) is 0 Å². The van der Waals surface area contributed by atoms with E-state index in [2.05, 4.69) is 23.9 Å². The first-order valence-electron chi connectivity index (χ1n) is 7.27. The monoisotopic (exact) mass is 240 g/mol. The van der Waals surface area contributed by atoms with Gasteiger partial charge in [0.05, 0.1) is 6.10 Å². The summed E-state index contributed by atoms with van der Waals surface area (Å²) in [5, 5.41) is 10.3. The van der Waals surface area contributed by atoms with Gasteiger partial charge in [-0.15, -0.1) is 0 Å². The summed E-state index contributed by atoms with van der Waals surface area (Å²) in [5.41, 5.74) is 0. The molecule has 3 unspecified atom stereocenters. The van der Waals surface area contributed by atoms with Crippen LogP contribution in [0.25, 0.3) is 0 Å². The molecule has 0 bridgehead atoms. The summed E-state index contributed by atoms with van der Waals surface area (Å²) >= 11 is 0. The Balaban J connectivity index is 1.98. The first kappa shape index (κ1) is 13.3. The molecule has 1 saturated heterocycles. The lowest BCUT2D eigenvalue weighted by Crippen LogP contribution is -2.48. The van der Waals surface area contributed by atoms with Crippen LogP contribution >= 0.6 is 0 Å². The van der Waals surface area contributed by atoms with Crippen molar-refractivity contribution in [3.8, 4) is 0 Å². The van der Waals surface area contributed by atoms with Gasteiger partial charge in [-0.2, -0.15) is 0 Å². The minimum atomic E-state index is -0.0831. The standard InChI is InChI=1S/C14H28N2O/c1-15(2)11-12-7-6-10-16(12)13-8-4-3-5-9-14(13)17/h12-14,17H,3-11H2,1-2H3. The molecule has 2 rings (SSSR count). The van der Waals surface area contributed by atoms with Gasteiger partial charge in [0, 0.05) is 18.6 Å². The molecular formula is C14H28N2O. The summed E-state index contributed by atoms with van der Waals surface area (Å²) in [5.74, 6) is 0. The molecule has 0 spiro atoms. The zero-order chi connectivity index (χ0) is 12.3.